The van der Waals surface area contributed by atoms with Gasteiger partial charge in [0.1, 0.15) is 5.52 Å². The summed E-state index contributed by atoms with van der Waals surface area (Å²) in [4.78, 5) is 4.48. The molecule has 0 aliphatic rings. The van der Waals surface area contributed by atoms with E-state index in [9.17, 15) is 5.21 Å². The van der Waals surface area contributed by atoms with Crippen LogP contribution in [0.2, 0.25) is 0 Å². The summed E-state index contributed by atoms with van der Waals surface area (Å²) < 4.78 is 1.17. The van der Waals surface area contributed by atoms with E-state index >= 15 is 0 Å². The van der Waals surface area contributed by atoms with Gasteiger partial charge in [-0.2, -0.15) is 4.73 Å². The zero-order valence-corrected chi connectivity index (χ0v) is 8.92. The third-order valence-corrected chi connectivity index (χ3v) is 2.88. The van der Waals surface area contributed by atoms with Gasteiger partial charge in [-0.15, -0.1) is 0 Å². The van der Waals surface area contributed by atoms with Crippen molar-refractivity contribution in [1.82, 2.24) is 9.71 Å². The molecule has 3 heteroatoms. The summed E-state index contributed by atoms with van der Waals surface area (Å²) >= 11 is 0. The van der Waals surface area contributed by atoms with Crippen LogP contribution in [0.25, 0.3) is 11.0 Å². The Hall–Kier alpha value is -1.51. The first-order valence-corrected chi connectivity index (χ1v) is 4.67. The van der Waals surface area contributed by atoms with Crippen molar-refractivity contribution in [3.8, 4) is 0 Å². The Morgan fingerprint density at radius 2 is 1.79 bits per heavy atom. The molecular formula is C11H14N2O. The minimum atomic E-state index is 0.825. The molecule has 0 saturated carbocycles. The van der Waals surface area contributed by atoms with Crippen LogP contribution in [0.1, 0.15) is 22.4 Å². The minimum Gasteiger partial charge on any atom is -0.428 e. The van der Waals surface area contributed by atoms with E-state index in [0.29, 0.717) is 0 Å². The Labute approximate surface area is 83.0 Å². The molecule has 0 radical (unpaired) electrons. The molecule has 74 valence electrons. The van der Waals surface area contributed by atoms with Gasteiger partial charge in [0.05, 0.1) is 5.52 Å². The number of aryl methyl sites for hydroxylation is 3. The zero-order chi connectivity index (χ0) is 10.5. The van der Waals surface area contributed by atoms with E-state index in [1.807, 2.05) is 27.7 Å². The van der Waals surface area contributed by atoms with E-state index in [0.717, 1.165) is 33.4 Å². The summed E-state index contributed by atoms with van der Waals surface area (Å²) in [5.41, 5.74) is 6.01. The van der Waals surface area contributed by atoms with Gasteiger partial charge < -0.3 is 5.21 Å². The van der Waals surface area contributed by atoms with Crippen molar-refractivity contribution >= 4 is 11.0 Å². The number of pyridine rings is 1. The zero-order valence-electron chi connectivity index (χ0n) is 8.92. The predicted octanol–water partition coefficient (Wildman–Crippen LogP) is 2.51. The number of aromatic nitrogens is 2. The van der Waals surface area contributed by atoms with Crippen molar-refractivity contribution in [2.45, 2.75) is 27.7 Å². The first-order valence-electron chi connectivity index (χ1n) is 4.67. The Balaban J connectivity index is 3.01. The Morgan fingerprint density at radius 3 is 2.43 bits per heavy atom. The molecule has 14 heavy (non-hydrogen) atoms. The van der Waals surface area contributed by atoms with Crippen LogP contribution in [0, 0.1) is 27.7 Å². The van der Waals surface area contributed by atoms with E-state index in [-0.39, 0.29) is 0 Å². The molecular weight excluding hydrogens is 176 g/mol. The van der Waals surface area contributed by atoms with Crippen molar-refractivity contribution in [2.75, 3.05) is 0 Å². The molecule has 2 heterocycles. The smallest absolute Gasteiger partial charge is 0.108 e. The molecule has 2 aromatic rings. The van der Waals surface area contributed by atoms with Gasteiger partial charge >= 0.3 is 0 Å². The van der Waals surface area contributed by atoms with Crippen molar-refractivity contribution in [1.29, 1.82) is 0 Å². The summed E-state index contributed by atoms with van der Waals surface area (Å²) in [5, 5.41) is 9.66. The summed E-state index contributed by atoms with van der Waals surface area (Å²) in [6.45, 7) is 7.99. The number of rotatable bonds is 0. The molecule has 2 aromatic heterocycles. The van der Waals surface area contributed by atoms with E-state index in [2.05, 4.69) is 4.98 Å². The molecule has 3 nitrogen and oxygen atoms in total. The van der Waals surface area contributed by atoms with Crippen LogP contribution in [-0.2, 0) is 0 Å². The molecule has 0 saturated heterocycles. The summed E-state index contributed by atoms with van der Waals surface area (Å²) in [5.74, 6) is 0. The van der Waals surface area contributed by atoms with Crippen molar-refractivity contribution in [3.63, 3.8) is 0 Å². The maximum atomic E-state index is 9.66. The Morgan fingerprint density at radius 1 is 1.14 bits per heavy atom. The molecule has 0 aliphatic carbocycles. The highest BCUT2D eigenvalue weighted by Gasteiger charge is 2.12. The van der Waals surface area contributed by atoms with Crippen LogP contribution < -0.4 is 0 Å². The highest BCUT2D eigenvalue weighted by atomic mass is 16.5. The quantitative estimate of drug-likeness (QED) is 0.648. The van der Waals surface area contributed by atoms with Gasteiger partial charge in [0.15, 0.2) is 0 Å². The fourth-order valence-corrected chi connectivity index (χ4v) is 1.80. The summed E-state index contributed by atoms with van der Waals surface area (Å²) in [6.07, 6.45) is 1.70. The molecule has 0 unspecified atom stereocenters. The Bertz CT molecular complexity index is 512. The van der Waals surface area contributed by atoms with Crippen LogP contribution in [0.3, 0.4) is 0 Å². The lowest BCUT2D eigenvalue weighted by Gasteiger charge is -2.06. The van der Waals surface area contributed by atoms with Crippen molar-refractivity contribution < 1.29 is 5.21 Å². The molecule has 0 aromatic carbocycles. The number of nitrogens with zero attached hydrogens (tertiary/aromatic N) is 2. The first-order chi connectivity index (χ1) is 6.52. The molecule has 2 rings (SSSR count). The van der Waals surface area contributed by atoms with Crippen molar-refractivity contribution in [2.24, 2.45) is 0 Å². The van der Waals surface area contributed by atoms with Gasteiger partial charge in [0, 0.05) is 11.9 Å². The summed E-state index contributed by atoms with van der Waals surface area (Å²) in [6, 6.07) is 0. The van der Waals surface area contributed by atoms with Crippen LogP contribution in [-0.4, -0.2) is 14.9 Å². The van der Waals surface area contributed by atoms with Crippen LogP contribution >= 0.6 is 0 Å². The number of fused-ring (bicyclic) bond motifs is 1. The lowest BCUT2D eigenvalue weighted by Crippen LogP contribution is -1.96. The van der Waals surface area contributed by atoms with Gasteiger partial charge in [-0.3, -0.25) is 4.98 Å². The normalized spacial score (nSPS) is 11.1. The van der Waals surface area contributed by atoms with E-state index in [1.54, 1.807) is 6.20 Å². The first kappa shape index (κ1) is 9.06. The maximum absolute atomic E-state index is 9.66. The van der Waals surface area contributed by atoms with Crippen molar-refractivity contribution in [3.05, 3.63) is 28.6 Å². The lowest BCUT2D eigenvalue weighted by atomic mass is 10.1. The number of hydrogen-bond acceptors (Lipinski definition) is 2. The van der Waals surface area contributed by atoms with E-state index in [1.165, 1.54) is 4.73 Å². The van der Waals surface area contributed by atoms with E-state index in [4.69, 9.17) is 0 Å². The maximum Gasteiger partial charge on any atom is 0.108 e. The van der Waals surface area contributed by atoms with Gasteiger partial charge in [-0.05, 0) is 44.4 Å². The third-order valence-electron chi connectivity index (χ3n) is 2.88. The third kappa shape index (κ3) is 1.02. The fraction of sp³-hybridized carbons (Fsp3) is 0.364. The lowest BCUT2D eigenvalue weighted by molar-refractivity contribution is 0.199. The summed E-state index contributed by atoms with van der Waals surface area (Å²) in [7, 11) is 0. The van der Waals surface area contributed by atoms with E-state index < -0.39 is 0 Å². The molecule has 0 amide bonds. The van der Waals surface area contributed by atoms with Gasteiger partial charge in [0.25, 0.3) is 0 Å². The second kappa shape index (κ2) is 2.74. The van der Waals surface area contributed by atoms with Gasteiger partial charge in [-0.25, -0.2) is 0 Å². The standard InChI is InChI=1S/C11H14N2O/c1-6-5-13(14)11-8(3)7(2)9(4)12-10(6)11/h5,14H,1-4H3. The SMILES string of the molecule is Cc1nc2c(C)cn(O)c2c(C)c1C. The second-order valence-corrected chi connectivity index (χ2v) is 3.80. The highest BCUT2D eigenvalue weighted by Crippen LogP contribution is 2.24. The van der Waals surface area contributed by atoms with Crippen LogP contribution in [0.4, 0.5) is 0 Å². The van der Waals surface area contributed by atoms with Crippen LogP contribution in [0.5, 0.6) is 0 Å². The average molecular weight is 190 g/mol. The van der Waals surface area contributed by atoms with Gasteiger partial charge in [0.2, 0.25) is 0 Å². The second-order valence-electron chi connectivity index (χ2n) is 3.80. The predicted molar refractivity (Wildman–Crippen MR) is 55.9 cm³/mol. The van der Waals surface area contributed by atoms with Crippen LogP contribution in [0.15, 0.2) is 6.20 Å². The minimum absolute atomic E-state index is 0.825. The molecule has 0 fully saturated rings. The number of hydrogen-bond donors (Lipinski definition) is 1. The largest absolute Gasteiger partial charge is 0.428 e. The molecule has 1 N–H and O–H groups in total. The Kier molecular flexibility index (Phi) is 1.77. The molecule has 0 spiro atoms. The highest BCUT2D eigenvalue weighted by molar-refractivity contribution is 5.83. The molecule has 0 atom stereocenters. The van der Waals surface area contributed by atoms with Gasteiger partial charge in [-0.1, -0.05) is 0 Å². The molecule has 0 aliphatic heterocycles. The average Bonchev–Trinajstić information content (AvgIpc) is 2.38. The topological polar surface area (TPSA) is 38.0 Å². The molecule has 0 bridgehead atoms. The fourth-order valence-electron chi connectivity index (χ4n) is 1.80. The monoisotopic (exact) mass is 190 g/mol.